The van der Waals surface area contributed by atoms with Crippen molar-refractivity contribution in [2.24, 2.45) is 5.92 Å². The van der Waals surface area contributed by atoms with Crippen LogP contribution in [0.3, 0.4) is 0 Å². The fourth-order valence-electron chi connectivity index (χ4n) is 2.24. The number of aldehydes is 1. The monoisotopic (exact) mass is 198 g/mol. The van der Waals surface area contributed by atoms with E-state index in [0.717, 1.165) is 57.7 Å². The van der Waals surface area contributed by atoms with Crippen LogP contribution in [-0.2, 0) is 4.79 Å². The van der Waals surface area contributed by atoms with Crippen molar-refractivity contribution in [2.75, 3.05) is 0 Å². The maximum absolute atomic E-state index is 10.7. The summed E-state index contributed by atoms with van der Waals surface area (Å²) in [5.74, 6) is 0.240. The normalized spacial score (nSPS) is 36.3. The number of carbonyl (C=O) groups excluding carboxylic acids is 1. The van der Waals surface area contributed by atoms with Gasteiger partial charge in [-0.15, -0.1) is 0 Å². The highest BCUT2D eigenvalue weighted by Gasteiger charge is 2.21. The molecule has 0 aromatic rings. The summed E-state index contributed by atoms with van der Waals surface area (Å²) in [6, 6.07) is 0. The number of rotatable bonds is 1. The summed E-state index contributed by atoms with van der Waals surface area (Å²) >= 11 is 0. The first-order chi connectivity index (χ1) is 6.64. The molecule has 2 unspecified atom stereocenters. The molecule has 1 fully saturated rings. The molecule has 0 heterocycles. The lowest BCUT2D eigenvalue weighted by Crippen LogP contribution is -2.24. The van der Waals surface area contributed by atoms with Gasteiger partial charge in [0.2, 0.25) is 0 Å². The molecule has 82 valence electrons. The Kier molecular flexibility index (Phi) is 4.59. The van der Waals surface area contributed by atoms with Crippen molar-refractivity contribution in [3.05, 3.63) is 0 Å². The molecule has 1 rings (SSSR count). The van der Waals surface area contributed by atoms with Crippen molar-refractivity contribution in [3.8, 4) is 0 Å². The van der Waals surface area contributed by atoms with E-state index in [2.05, 4.69) is 0 Å². The summed E-state index contributed by atoms with van der Waals surface area (Å²) in [5.41, 5.74) is -0.495. The molecule has 2 nitrogen and oxygen atoms in total. The lowest BCUT2D eigenvalue weighted by Gasteiger charge is -2.25. The molecule has 1 aliphatic rings. The predicted octanol–water partition coefficient (Wildman–Crippen LogP) is 2.69. The molecule has 2 heteroatoms. The van der Waals surface area contributed by atoms with E-state index in [4.69, 9.17) is 0 Å². The SMILES string of the molecule is CC1(O)CCCCCC(C=O)CCC1. The van der Waals surface area contributed by atoms with E-state index < -0.39 is 5.60 Å². The van der Waals surface area contributed by atoms with Gasteiger partial charge in [-0.2, -0.15) is 0 Å². The minimum absolute atomic E-state index is 0.240. The quantitative estimate of drug-likeness (QED) is 0.658. The summed E-state index contributed by atoms with van der Waals surface area (Å²) in [7, 11) is 0. The molecule has 0 amide bonds. The molecule has 0 aliphatic heterocycles. The van der Waals surface area contributed by atoms with Gasteiger partial charge in [0.05, 0.1) is 5.60 Å². The Morgan fingerprint density at radius 3 is 2.50 bits per heavy atom. The Morgan fingerprint density at radius 1 is 1.14 bits per heavy atom. The molecule has 0 bridgehead atoms. The molecule has 2 atom stereocenters. The lowest BCUT2D eigenvalue weighted by molar-refractivity contribution is -0.111. The largest absolute Gasteiger partial charge is 0.390 e. The van der Waals surface area contributed by atoms with Gasteiger partial charge < -0.3 is 9.90 Å². The van der Waals surface area contributed by atoms with Gasteiger partial charge in [0.25, 0.3) is 0 Å². The van der Waals surface area contributed by atoms with Crippen molar-refractivity contribution in [2.45, 2.75) is 63.9 Å². The maximum Gasteiger partial charge on any atom is 0.123 e. The van der Waals surface area contributed by atoms with E-state index in [1.54, 1.807) is 0 Å². The third-order valence-corrected chi connectivity index (χ3v) is 3.27. The van der Waals surface area contributed by atoms with E-state index in [1.165, 1.54) is 0 Å². The van der Waals surface area contributed by atoms with E-state index in [0.29, 0.717) is 0 Å². The molecule has 1 saturated carbocycles. The first kappa shape index (κ1) is 11.7. The summed E-state index contributed by atoms with van der Waals surface area (Å²) in [5, 5.41) is 9.97. The molecule has 1 N–H and O–H groups in total. The number of aliphatic hydroxyl groups is 1. The highest BCUT2D eigenvalue weighted by Crippen LogP contribution is 2.26. The van der Waals surface area contributed by atoms with E-state index in [-0.39, 0.29) is 5.92 Å². The summed E-state index contributed by atoms with van der Waals surface area (Å²) in [6.45, 7) is 1.92. The molecule has 0 spiro atoms. The molecule has 1 aliphatic carbocycles. The smallest absolute Gasteiger partial charge is 0.123 e. The Bertz CT molecular complexity index is 175. The highest BCUT2D eigenvalue weighted by atomic mass is 16.3. The van der Waals surface area contributed by atoms with Crippen LogP contribution in [0.5, 0.6) is 0 Å². The van der Waals surface area contributed by atoms with Crippen LogP contribution in [0, 0.1) is 5.92 Å². The van der Waals surface area contributed by atoms with Crippen molar-refractivity contribution in [1.29, 1.82) is 0 Å². The van der Waals surface area contributed by atoms with Gasteiger partial charge in [-0.3, -0.25) is 0 Å². The van der Waals surface area contributed by atoms with Gasteiger partial charge in [0.15, 0.2) is 0 Å². The van der Waals surface area contributed by atoms with Crippen LogP contribution in [0.15, 0.2) is 0 Å². The van der Waals surface area contributed by atoms with Gasteiger partial charge in [-0.05, 0) is 39.0 Å². The topological polar surface area (TPSA) is 37.3 Å². The Labute approximate surface area is 86.7 Å². The lowest BCUT2D eigenvalue weighted by atomic mass is 9.87. The Morgan fingerprint density at radius 2 is 1.79 bits per heavy atom. The standard InChI is InChI=1S/C12H22O2/c1-12(14)8-4-2-3-6-11(10-13)7-5-9-12/h10-11,14H,2-9H2,1H3. The Hall–Kier alpha value is -0.370. The van der Waals surface area contributed by atoms with Crippen LogP contribution in [0.25, 0.3) is 0 Å². The average Bonchev–Trinajstić information content (AvgIpc) is 2.14. The molecular weight excluding hydrogens is 176 g/mol. The summed E-state index contributed by atoms with van der Waals surface area (Å²) in [4.78, 5) is 10.7. The fraction of sp³-hybridized carbons (Fsp3) is 0.917. The Balaban J connectivity index is 2.41. The third kappa shape index (κ3) is 4.23. The van der Waals surface area contributed by atoms with Gasteiger partial charge >= 0.3 is 0 Å². The maximum atomic E-state index is 10.7. The van der Waals surface area contributed by atoms with Crippen LogP contribution >= 0.6 is 0 Å². The van der Waals surface area contributed by atoms with Crippen molar-refractivity contribution in [3.63, 3.8) is 0 Å². The van der Waals surface area contributed by atoms with Crippen molar-refractivity contribution in [1.82, 2.24) is 0 Å². The summed E-state index contributed by atoms with van der Waals surface area (Å²) < 4.78 is 0. The minimum atomic E-state index is -0.495. The van der Waals surface area contributed by atoms with E-state index in [9.17, 15) is 9.90 Å². The first-order valence-corrected chi connectivity index (χ1v) is 5.82. The average molecular weight is 198 g/mol. The molecular formula is C12H22O2. The van der Waals surface area contributed by atoms with Crippen molar-refractivity contribution >= 4 is 6.29 Å². The second-order valence-corrected chi connectivity index (χ2v) is 4.88. The predicted molar refractivity (Wildman–Crippen MR) is 57.1 cm³/mol. The second-order valence-electron chi connectivity index (χ2n) is 4.88. The molecule has 0 saturated heterocycles. The molecule has 0 aromatic carbocycles. The zero-order valence-corrected chi connectivity index (χ0v) is 9.17. The molecule has 0 radical (unpaired) electrons. The second kappa shape index (κ2) is 5.50. The molecule has 0 aromatic heterocycles. The van der Waals surface area contributed by atoms with Crippen LogP contribution in [-0.4, -0.2) is 17.0 Å². The number of hydrogen-bond acceptors (Lipinski definition) is 2. The van der Waals surface area contributed by atoms with E-state index >= 15 is 0 Å². The van der Waals surface area contributed by atoms with Crippen LogP contribution < -0.4 is 0 Å². The zero-order valence-electron chi connectivity index (χ0n) is 9.17. The van der Waals surface area contributed by atoms with Crippen LogP contribution in [0.4, 0.5) is 0 Å². The highest BCUT2D eigenvalue weighted by molar-refractivity contribution is 5.53. The third-order valence-electron chi connectivity index (χ3n) is 3.27. The summed E-state index contributed by atoms with van der Waals surface area (Å²) in [6.07, 6.45) is 9.23. The van der Waals surface area contributed by atoms with Crippen LogP contribution in [0.1, 0.15) is 58.3 Å². The van der Waals surface area contributed by atoms with Gasteiger partial charge in [0, 0.05) is 5.92 Å². The fourth-order valence-corrected chi connectivity index (χ4v) is 2.24. The van der Waals surface area contributed by atoms with Crippen LogP contribution in [0.2, 0.25) is 0 Å². The zero-order chi connectivity index (χ0) is 10.4. The van der Waals surface area contributed by atoms with E-state index in [1.807, 2.05) is 6.92 Å². The van der Waals surface area contributed by atoms with Gasteiger partial charge in [0.1, 0.15) is 6.29 Å². The first-order valence-electron chi connectivity index (χ1n) is 5.82. The molecule has 14 heavy (non-hydrogen) atoms. The number of hydrogen-bond donors (Lipinski definition) is 1. The minimum Gasteiger partial charge on any atom is -0.390 e. The van der Waals surface area contributed by atoms with Gasteiger partial charge in [-0.1, -0.05) is 19.3 Å². The number of carbonyl (C=O) groups is 1. The van der Waals surface area contributed by atoms with Crippen molar-refractivity contribution < 1.29 is 9.90 Å². The van der Waals surface area contributed by atoms with Gasteiger partial charge in [-0.25, -0.2) is 0 Å².